The first kappa shape index (κ1) is 21.4. The van der Waals surface area contributed by atoms with Gasteiger partial charge in [0.25, 0.3) is 11.8 Å². The summed E-state index contributed by atoms with van der Waals surface area (Å²) in [5.74, 6) is 1.21. The average Bonchev–Trinajstić information content (AvgIpc) is 3.33. The Labute approximate surface area is 201 Å². The fourth-order valence-electron chi connectivity index (χ4n) is 3.51. The van der Waals surface area contributed by atoms with Gasteiger partial charge in [-0.1, -0.05) is 48.5 Å². The number of thiocarbonyl (C=S) groups is 1. The molecular weight excluding hydrogens is 448 g/mol. The Morgan fingerprint density at radius 3 is 2.15 bits per heavy atom. The smallest absolute Gasteiger partial charge is 0.270 e. The van der Waals surface area contributed by atoms with Crippen molar-refractivity contribution in [3.05, 3.63) is 108 Å². The second-order valence-corrected chi connectivity index (χ2v) is 7.82. The molecule has 1 aliphatic rings. The van der Waals surface area contributed by atoms with Crippen LogP contribution >= 0.6 is 12.2 Å². The zero-order valence-electron chi connectivity index (χ0n) is 17.8. The van der Waals surface area contributed by atoms with Crippen LogP contribution < -0.4 is 15.0 Å². The van der Waals surface area contributed by atoms with Gasteiger partial charge in [0.05, 0.1) is 5.69 Å². The number of ether oxygens (including phenoxy) is 1. The summed E-state index contributed by atoms with van der Waals surface area (Å²) < 4.78 is 11.6. The van der Waals surface area contributed by atoms with Gasteiger partial charge in [-0.15, -0.1) is 0 Å². The zero-order valence-corrected chi connectivity index (χ0v) is 18.6. The van der Waals surface area contributed by atoms with Crippen LogP contribution in [0, 0.1) is 0 Å². The number of hydrogen-bond acceptors (Lipinski definition) is 5. The molecule has 0 atom stereocenters. The van der Waals surface area contributed by atoms with Gasteiger partial charge in [-0.05, 0) is 66.8 Å². The molecule has 0 saturated carbocycles. The number of nitrogens with zero attached hydrogens (tertiary/aromatic N) is 1. The van der Waals surface area contributed by atoms with Gasteiger partial charge in [0.15, 0.2) is 5.11 Å². The van der Waals surface area contributed by atoms with Gasteiger partial charge in [0.2, 0.25) is 0 Å². The van der Waals surface area contributed by atoms with Gasteiger partial charge < -0.3 is 9.15 Å². The van der Waals surface area contributed by atoms with Gasteiger partial charge in [0.1, 0.15) is 28.6 Å². The zero-order chi connectivity index (χ0) is 23.5. The van der Waals surface area contributed by atoms with Crippen molar-refractivity contribution in [1.82, 2.24) is 5.32 Å². The number of benzene rings is 3. The maximum absolute atomic E-state index is 13.2. The number of hydrogen-bond donors (Lipinski definition) is 1. The van der Waals surface area contributed by atoms with E-state index in [2.05, 4.69) is 5.32 Å². The summed E-state index contributed by atoms with van der Waals surface area (Å²) in [6.45, 7) is 0. The second-order valence-electron chi connectivity index (χ2n) is 7.43. The van der Waals surface area contributed by atoms with E-state index in [1.54, 1.807) is 36.4 Å². The lowest BCUT2D eigenvalue weighted by Gasteiger charge is -2.28. The van der Waals surface area contributed by atoms with Crippen molar-refractivity contribution in [3.8, 4) is 22.8 Å². The molecular formula is C27H18N2O4S. The van der Waals surface area contributed by atoms with E-state index in [1.807, 2.05) is 60.7 Å². The molecule has 1 fully saturated rings. The molecule has 1 aromatic heterocycles. The van der Waals surface area contributed by atoms with Crippen molar-refractivity contribution in [2.75, 3.05) is 4.90 Å². The molecule has 0 aliphatic carbocycles. The van der Waals surface area contributed by atoms with E-state index in [1.165, 1.54) is 11.0 Å². The van der Waals surface area contributed by atoms with Crippen molar-refractivity contribution in [1.29, 1.82) is 0 Å². The standard InChI is InChI=1S/C27H18N2O4S/c30-25-23(17-22-15-16-24(33-22)18-7-3-1-4-8-18)26(31)29(27(34)28-25)19-11-13-21(14-12-19)32-20-9-5-2-6-10-20/h1-17H,(H,28,30,34)/b23-17-. The Balaban J connectivity index is 1.39. The Kier molecular flexibility index (Phi) is 5.76. The van der Waals surface area contributed by atoms with Gasteiger partial charge in [-0.25, -0.2) is 0 Å². The van der Waals surface area contributed by atoms with Crippen molar-refractivity contribution >= 4 is 40.9 Å². The van der Waals surface area contributed by atoms with E-state index < -0.39 is 11.8 Å². The van der Waals surface area contributed by atoms with Crippen LogP contribution in [0.2, 0.25) is 0 Å². The lowest BCUT2D eigenvalue weighted by molar-refractivity contribution is -0.122. The monoisotopic (exact) mass is 466 g/mol. The lowest BCUT2D eigenvalue weighted by atomic mass is 10.1. The molecule has 34 heavy (non-hydrogen) atoms. The Morgan fingerprint density at radius 1 is 0.794 bits per heavy atom. The quantitative estimate of drug-likeness (QED) is 0.237. The largest absolute Gasteiger partial charge is 0.457 e. The summed E-state index contributed by atoms with van der Waals surface area (Å²) in [6, 6.07) is 29.3. The van der Waals surface area contributed by atoms with Crippen molar-refractivity contribution < 1.29 is 18.7 Å². The number of carbonyl (C=O) groups excluding carboxylic acids is 2. The van der Waals surface area contributed by atoms with E-state index in [0.717, 1.165) is 5.56 Å². The van der Waals surface area contributed by atoms with Gasteiger partial charge in [0, 0.05) is 5.56 Å². The minimum absolute atomic E-state index is 0.00768. The molecule has 166 valence electrons. The molecule has 0 bridgehead atoms. The summed E-state index contributed by atoms with van der Waals surface area (Å²) in [6.07, 6.45) is 1.42. The number of rotatable bonds is 5. The molecule has 2 heterocycles. The third-order valence-electron chi connectivity index (χ3n) is 5.15. The highest BCUT2D eigenvalue weighted by atomic mass is 32.1. The normalized spacial score (nSPS) is 14.9. The van der Waals surface area contributed by atoms with Crippen LogP contribution in [0.4, 0.5) is 5.69 Å². The maximum atomic E-state index is 13.2. The summed E-state index contributed by atoms with van der Waals surface area (Å²) in [7, 11) is 0. The van der Waals surface area contributed by atoms with Crippen LogP contribution in [0.25, 0.3) is 17.4 Å². The number of furan rings is 1. The van der Waals surface area contributed by atoms with E-state index in [9.17, 15) is 9.59 Å². The highest BCUT2D eigenvalue weighted by Crippen LogP contribution is 2.28. The lowest BCUT2D eigenvalue weighted by Crippen LogP contribution is -2.54. The van der Waals surface area contributed by atoms with Crippen LogP contribution in [0.1, 0.15) is 5.76 Å². The minimum Gasteiger partial charge on any atom is -0.457 e. The first-order valence-electron chi connectivity index (χ1n) is 10.5. The molecule has 7 heteroatoms. The highest BCUT2D eigenvalue weighted by molar-refractivity contribution is 7.80. The number of amides is 2. The van der Waals surface area contributed by atoms with Crippen molar-refractivity contribution in [3.63, 3.8) is 0 Å². The summed E-state index contributed by atoms with van der Waals surface area (Å²) in [5.41, 5.74) is 1.32. The second kappa shape index (κ2) is 9.17. The summed E-state index contributed by atoms with van der Waals surface area (Å²) >= 11 is 5.28. The molecule has 0 spiro atoms. The maximum Gasteiger partial charge on any atom is 0.270 e. The van der Waals surface area contributed by atoms with Crippen LogP contribution in [0.15, 0.2) is 107 Å². The molecule has 0 radical (unpaired) electrons. The van der Waals surface area contributed by atoms with Crippen molar-refractivity contribution in [2.45, 2.75) is 0 Å². The SMILES string of the molecule is O=C1NC(=S)N(c2ccc(Oc3ccccc3)cc2)C(=O)/C1=C\c1ccc(-c2ccccc2)o1. The van der Waals surface area contributed by atoms with Crippen LogP contribution in [-0.2, 0) is 9.59 Å². The Bertz CT molecular complexity index is 1390. The predicted octanol–water partition coefficient (Wildman–Crippen LogP) is 5.57. The Morgan fingerprint density at radius 2 is 1.44 bits per heavy atom. The van der Waals surface area contributed by atoms with Gasteiger partial charge >= 0.3 is 0 Å². The molecule has 0 unspecified atom stereocenters. The molecule has 3 aromatic carbocycles. The molecule has 1 saturated heterocycles. The number of nitrogens with one attached hydrogen (secondary N) is 1. The average molecular weight is 467 g/mol. The third kappa shape index (κ3) is 4.37. The third-order valence-corrected chi connectivity index (χ3v) is 5.43. The van der Waals surface area contributed by atoms with Gasteiger partial charge in [-0.3, -0.25) is 19.8 Å². The first-order chi connectivity index (χ1) is 16.6. The predicted molar refractivity (Wildman–Crippen MR) is 133 cm³/mol. The summed E-state index contributed by atoms with van der Waals surface area (Å²) in [5, 5.41) is 2.59. The first-order valence-corrected chi connectivity index (χ1v) is 10.9. The minimum atomic E-state index is -0.576. The van der Waals surface area contributed by atoms with E-state index >= 15 is 0 Å². The molecule has 1 N–H and O–H groups in total. The molecule has 2 amide bonds. The fourth-order valence-corrected chi connectivity index (χ4v) is 3.79. The molecule has 1 aliphatic heterocycles. The highest BCUT2D eigenvalue weighted by Gasteiger charge is 2.34. The van der Waals surface area contributed by atoms with E-state index in [4.69, 9.17) is 21.4 Å². The Hall–Kier alpha value is -4.49. The topological polar surface area (TPSA) is 71.8 Å². The van der Waals surface area contributed by atoms with Crippen molar-refractivity contribution in [2.24, 2.45) is 0 Å². The fraction of sp³-hybridized carbons (Fsp3) is 0. The molecule has 4 aromatic rings. The van der Waals surface area contributed by atoms with Crippen LogP contribution in [0.5, 0.6) is 11.5 Å². The number of anilines is 1. The number of carbonyl (C=O) groups is 2. The van der Waals surface area contributed by atoms with E-state index in [-0.39, 0.29) is 10.7 Å². The van der Waals surface area contributed by atoms with Crippen LogP contribution in [0.3, 0.4) is 0 Å². The number of para-hydroxylation sites is 1. The summed E-state index contributed by atoms with van der Waals surface area (Å²) in [4.78, 5) is 27.1. The van der Waals surface area contributed by atoms with Crippen LogP contribution in [-0.4, -0.2) is 16.9 Å². The molecule has 5 rings (SSSR count). The molecule has 6 nitrogen and oxygen atoms in total. The van der Waals surface area contributed by atoms with Gasteiger partial charge in [-0.2, -0.15) is 0 Å². The van der Waals surface area contributed by atoms with E-state index in [0.29, 0.717) is 28.7 Å².